The zero-order chi connectivity index (χ0) is 13.0. The van der Waals surface area contributed by atoms with E-state index in [2.05, 4.69) is 11.5 Å². The second-order valence-electron chi connectivity index (χ2n) is 4.20. The van der Waals surface area contributed by atoms with Gasteiger partial charge in [0.15, 0.2) is 24.4 Å². The Kier molecular flexibility index (Phi) is 6.21. The van der Waals surface area contributed by atoms with Crippen molar-refractivity contribution < 1.29 is 37.7 Å². The predicted molar refractivity (Wildman–Crippen MR) is 67.8 cm³/mol. The smallest absolute Gasteiger partial charge is 0.219 e. The van der Waals surface area contributed by atoms with E-state index < -0.39 is 0 Å². The second kappa shape index (κ2) is 7.43. The van der Waals surface area contributed by atoms with E-state index in [1.807, 2.05) is 37.4 Å². The van der Waals surface area contributed by atoms with Crippen LogP contribution in [0.5, 0.6) is 5.75 Å². The minimum absolute atomic E-state index is 0. The quantitative estimate of drug-likeness (QED) is 0.545. The summed E-state index contributed by atoms with van der Waals surface area (Å²) in [6.07, 6.45) is 1.99. The minimum atomic E-state index is -0.311. The zero-order valence-corrected chi connectivity index (χ0v) is 13.2. The highest BCUT2D eigenvalue weighted by atomic mass is 127. The van der Waals surface area contributed by atoms with Gasteiger partial charge in [-0.25, -0.2) is 4.39 Å². The van der Waals surface area contributed by atoms with Crippen LogP contribution in [-0.2, 0) is 13.2 Å². The maximum atomic E-state index is 13.6. The number of benzene rings is 1. The average molecular weight is 373 g/mol. The Labute approximate surface area is 130 Å². The molecule has 1 aromatic carbocycles. The highest BCUT2D eigenvalue weighted by Gasteiger charge is 2.10. The van der Waals surface area contributed by atoms with Crippen LogP contribution in [-0.4, -0.2) is 0 Å². The molecule has 2 nitrogen and oxygen atoms in total. The van der Waals surface area contributed by atoms with Gasteiger partial charge in [-0.15, -0.1) is 0 Å². The molecule has 0 amide bonds. The van der Waals surface area contributed by atoms with E-state index in [-0.39, 0.29) is 29.8 Å². The Morgan fingerprint density at radius 1 is 1.21 bits per heavy atom. The lowest BCUT2D eigenvalue weighted by atomic mass is 10.2. The van der Waals surface area contributed by atoms with E-state index in [4.69, 9.17) is 4.74 Å². The van der Waals surface area contributed by atoms with Crippen LogP contribution in [0.15, 0.2) is 42.6 Å². The van der Waals surface area contributed by atoms with Gasteiger partial charge in [-0.3, -0.25) is 0 Å². The molecule has 0 atom stereocenters. The van der Waals surface area contributed by atoms with Crippen LogP contribution in [0.3, 0.4) is 0 Å². The molecule has 1 heterocycles. The van der Waals surface area contributed by atoms with Gasteiger partial charge in [0.1, 0.15) is 6.54 Å². The van der Waals surface area contributed by atoms with Crippen LogP contribution >= 0.6 is 0 Å². The van der Waals surface area contributed by atoms with Crippen LogP contribution in [0.25, 0.3) is 0 Å². The van der Waals surface area contributed by atoms with Crippen molar-refractivity contribution in [2.24, 2.45) is 0 Å². The summed E-state index contributed by atoms with van der Waals surface area (Å²) in [5.74, 6) is -0.0129. The summed E-state index contributed by atoms with van der Waals surface area (Å²) in [6.45, 7) is 5.16. The Bertz CT molecular complexity index is 545. The molecular formula is C15H17FINO. The van der Waals surface area contributed by atoms with Crippen LogP contribution in [0.4, 0.5) is 4.39 Å². The van der Waals surface area contributed by atoms with Gasteiger partial charge in [-0.1, -0.05) is 6.07 Å². The number of nitrogens with zero attached hydrogens (tertiary/aromatic N) is 1. The largest absolute Gasteiger partial charge is 1.00 e. The average Bonchev–Trinajstić information content (AvgIpc) is 2.38. The van der Waals surface area contributed by atoms with Crippen LogP contribution in [0.1, 0.15) is 18.2 Å². The molecule has 0 saturated heterocycles. The zero-order valence-electron chi connectivity index (χ0n) is 11.1. The molecule has 1 aromatic heterocycles. The summed E-state index contributed by atoms with van der Waals surface area (Å²) < 4.78 is 21.2. The van der Waals surface area contributed by atoms with Gasteiger partial charge >= 0.3 is 0 Å². The van der Waals surface area contributed by atoms with Gasteiger partial charge < -0.3 is 28.7 Å². The van der Waals surface area contributed by atoms with Gasteiger partial charge in [0.25, 0.3) is 0 Å². The summed E-state index contributed by atoms with van der Waals surface area (Å²) in [5, 5.41) is 0. The summed E-state index contributed by atoms with van der Waals surface area (Å²) in [7, 11) is 0. The first-order valence-corrected chi connectivity index (χ1v) is 6.07. The highest BCUT2D eigenvalue weighted by molar-refractivity contribution is 5.28. The SMILES string of the molecule is CC[n+]1ccccc1COc1ccc(C)cc1F.[I-]. The standard InChI is InChI=1S/C15H17FNO.HI/c1-3-17-9-5-4-6-13(17)11-18-15-8-7-12(2)10-14(15)16;/h4-10H,3,11H2,1-2H3;1H/q+1;/p-1. The molecule has 0 aliphatic carbocycles. The van der Waals surface area contributed by atoms with Crippen molar-refractivity contribution in [2.75, 3.05) is 0 Å². The molecule has 0 fully saturated rings. The fourth-order valence-electron chi connectivity index (χ4n) is 1.83. The molecule has 2 aromatic rings. The van der Waals surface area contributed by atoms with Crippen LogP contribution in [0, 0.1) is 12.7 Å². The fourth-order valence-corrected chi connectivity index (χ4v) is 1.83. The topological polar surface area (TPSA) is 13.1 Å². The normalized spacial score (nSPS) is 9.84. The lowest BCUT2D eigenvalue weighted by molar-refractivity contribution is -0.702. The van der Waals surface area contributed by atoms with Crippen molar-refractivity contribution in [1.82, 2.24) is 0 Å². The maximum Gasteiger partial charge on any atom is 0.219 e. The second-order valence-corrected chi connectivity index (χ2v) is 4.20. The number of ether oxygens (including phenoxy) is 1. The maximum absolute atomic E-state index is 13.6. The van der Waals surface area contributed by atoms with Gasteiger partial charge in [-0.2, -0.15) is 4.57 Å². The van der Waals surface area contributed by atoms with Gasteiger partial charge in [-0.05, 0) is 37.6 Å². The molecule has 2 rings (SSSR count). The molecule has 0 unspecified atom stereocenters. The molecule has 19 heavy (non-hydrogen) atoms. The van der Waals surface area contributed by atoms with E-state index in [9.17, 15) is 4.39 Å². The minimum Gasteiger partial charge on any atom is -1.00 e. The first-order chi connectivity index (χ1) is 8.70. The fraction of sp³-hybridized carbons (Fsp3) is 0.267. The first-order valence-electron chi connectivity index (χ1n) is 6.07. The number of aryl methyl sites for hydroxylation is 2. The third-order valence-electron chi connectivity index (χ3n) is 2.84. The Hall–Kier alpha value is -1.17. The molecule has 4 heteroatoms. The Balaban J connectivity index is 0.00000180. The van der Waals surface area contributed by atoms with E-state index in [0.29, 0.717) is 12.4 Å². The Morgan fingerprint density at radius 2 is 2.00 bits per heavy atom. The van der Waals surface area contributed by atoms with Crippen LogP contribution < -0.4 is 33.3 Å². The molecule has 0 radical (unpaired) electrons. The molecular weight excluding hydrogens is 356 g/mol. The summed E-state index contributed by atoms with van der Waals surface area (Å²) in [5.41, 5.74) is 1.92. The summed E-state index contributed by atoms with van der Waals surface area (Å²) in [4.78, 5) is 0. The molecule has 0 bridgehead atoms. The molecule has 0 N–H and O–H groups in total. The van der Waals surface area contributed by atoms with Crippen molar-refractivity contribution in [1.29, 1.82) is 0 Å². The third-order valence-corrected chi connectivity index (χ3v) is 2.84. The summed E-state index contributed by atoms with van der Waals surface area (Å²) >= 11 is 0. The van der Waals surface area contributed by atoms with E-state index in [1.165, 1.54) is 6.07 Å². The lowest BCUT2D eigenvalue weighted by Crippen LogP contribution is -3.00. The molecule has 0 aliphatic heterocycles. The van der Waals surface area contributed by atoms with E-state index >= 15 is 0 Å². The molecule has 102 valence electrons. The van der Waals surface area contributed by atoms with Crippen molar-refractivity contribution in [3.63, 3.8) is 0 Å². The van der Waals surface area contributed by atoms with E-state index in [0.717, 1.165) is 17.8 Å². The number of hydrogen-bond acceptors (Lipinski definition) is 1. The number of hydrogen-bond donors (Lipinski definition) is 0. The van der Waals surface area contributed by atoms with Gasteiger partial charge in [0.2, 0.25) is 5.69 Å². The molecule has 0 spiro atoms. The summed E-state index contributed by atoms with van der Waals surface area (Å²) in [6, 6.07) is 10.9. The number of pyridine rings is 1. The van der Waals surface area contributed by atoms with Crippen molar-refractivity contribution in [3.05, 3.63) is 59.7 Å². The third kappa shape index (κ3) is 4.16. The van der Waals surface area contributed by atoms with E-state index in [1.54, 1.807) is 6.07 Å². The van der Waals surface area contributed by atoms with Gasteiger partial charge in [0, 0.05) is 12.1 Å². The first kappa shape index (κ1) is 15.9. The highest BCUT2D eigenvalue weighted by Crippen LogP contribution is 2.18. The van der Waals surface area contributed by atoms with Gasteiger partial charge in [0.05, 0.1) is 0 Å². The monoisotopic (exact) mass is 373 g/mol. The van der Waals surface area contributed by atoms with Crippen molar-refractivity contribution in [2.45, 2.75) is 27.0 Å². The number of aromatic nitrogens is 1. The number of rotatable bonds is 4. The Morgan fingerprint density at radius 3 is 2.68 bits per heavy atom. The molecule has 0 saturated carbocycles. The lowest BCUT2D eigenvalue weighted by Gasteiger charge is -2.07. The van der Waals surface area contributed by atoms with Crippen molar-refractivity contribution >= 4 is 0 Å². The van der Waals surface area contributed by atoms with Crippen molar-refractivity contribution in [3.8, 4) is 5.75 Å². The number of halogens is 2. The predicted octanol–water partition coefficient (Wildman–Crippen LogP) is 0.0245. The van der Waals surface area contributed by atoms with Crippen LogP contribution in [0.2, 0.25) is 0 Å². The molecule has 0 aliphatic rings.